The fraction of sp³-hybridized carbons (Fsp3) is 0.474. The van der Waals surface area contributed by atoms with Crippen molar-refractivity contribution in [2.45, 2.75) is 19.6 Å². The van der Waals surface area contributed by atoms with Crippen LogP contribution in [0.5, 0.6) is 0 Å². The van der Waals surface area contributed by atoms with Gasteiger partial charge in [-0.05, 0) is 29.9 Å². The van der Waals surface area contributed by atoms with Crippen LogP contribution in [0, 0.1) is 18.8 Å². The van der Waals surface area contributed by atoms with Gasteiger partial charge in [0.2, 0.25) is 0 Å². The number of aryl methyl sites for hydroxylation is 1. The molecule has 2 aliphatic heterocycles. The number of alkyl halides is 3. The average Bonchev–Trinajstić information content (AvgIpc) is 3.29. The smallest absolute Gasteiger partial charge is 0.322 e. The molecule has 2 unspecified atom stereocenters. The predicted octanol–water partition coefficient (Wildman–Crippen LogP) is 3.24. The first-order valence-corrected chi connectivity index (χ1v) is 8.99. The first-order chi connectivity index (χ1) is 12.8. The molecule has 4 rings (SSSR count). The molecule has 27 heavy (non-hydrogen) atoms. The summed E-state index contributed by atoms with van der Waals surface area (Å²) in [5.74, 6) is 0.714. The molecule has 1 aromatic heterocycles. The Morgan fingerprint density at radius 3 is 2.41 bits per heavy atom. The Bertz CT molecular complexity index is 833. The summed E-state index contributed by atoms with van der Waals surface area (Å²) < 4.78 is 38.9. The zero-order valence-corrected chi connectivity index (χ0v) is 15.0. The molecule has 8 heteroatoms. The van der Waals surface area contributed by atoms with E-state index in [1.165, 1.54) is 11.1 Å². The Hall–Kier alpha value is -2.35. The molecule has 0 spiro atoms. The summed E-state index contributed by atoms with van der Waals surface area (Å²) in [6.45, 7) is 5.92. The number of carbonyl (C=O) groups excluding carboxylic acids is 1. The van der Waals surface area contributed by atoms with Crippen molar-refractivity contribution in [3.63, 3.8) is 0 Å². The normalized spacial score (nSPS) is 23.0. The van der Waals surface area contributed by atoms with Crippen molar-refractivity contribution < 1.29 is 18.0 Å². The van der Waals surface area contributed by atoms with E-state index >= 15 is 0 Å². The van der Waals surface area contributed by atoms with Crippen LogP contribution in [-0.2, 0) is 12.7 Å². The molecular weight excluding hydrogens is 357 g/mol. The van der Waals surface area contributed by atoms with Gasteiger partial charge in [-0.15, -0.1) is 0 Å². The first kappa shape index (κ1) is 18.0. The Morgan fingerprint density at radius 2 is 1.81 bits per heavy atom. The number of fused-ring (bicyclic) bond motifs is 1. The molecule has 0 radical (unpaired) electrons. The van der Waals surface area contributed by atoms with Crippen LogP contribution in [0.15, 0.2) is 36.7 Å². The summed E-state index contributed by atoms with van der Waals surface area (Å²) in [6, 6.07) is 7.82. The molecule has 3 heterocycles. The summed E-state index contributed by atoms with van der Waals surface area (Å²) in [4.78, 5) is 16.5. The standard InChI is InChI=1S/C19H21F3N4O/c1-13-4-2-3-5-14(13)7-24-8-15-10-25(11-16(15)9-24)18(27)26-12-17(6-23-26)19(20,21)22/h2-6,12,15-16H,7-11H2,1H3. The lowest BCUT2D eigenvalue weighted by atomic mass is 10.0. The third-order valence-electron chi connectivity index (χ3n) is 5.59. The first-order valence-electron chi connectivity index (χ1n) is 8.99. The van der Waals surface area contributed by atoms with Gasteiger partial charge in [-0.25, -0.2) is 4.79 Å². The van der Waals surface area contributed by atoms with Crippen molar-refractivity contribution in [3.8, 4) is 0 Å². The number of halogens is 3. The molecule has 1 aromatic carbocycles. The minimum absolute atomic E-state index is 0.357. The molecule has 144 valence electrons. The molecule has 2 aliphatic rings. The quantitative estimate of drug-likeness (QED) is 0.806. The summed E-state index contributed by atoms with van der Waals surface area (Å²) in [6.07, 6.45) is -3.03. The van der Waals surface area contributed by atoms with Crippen molar-refractivity contribution in [1.82, 2.24) is 19.6 Å². The number of amides is 1. The maximum Gasteiger partial charge on any atom is 0.419 e. The van der Waals surface area contributed by atoms with Crippen molar-refractivity contribution in [1.29, 1.82) is 0 Å². The van der Waals surface area contributed by atoms with E-state index < -0.39 is 17.8 Å². The van der Waals surface area contributed by atoms with Gasteiger partial charge in [0.1, 0.15) is 0 Å². The van der Waals surface area contributed by atoms with Crippen molar-refractivity contribution in [2.75, 3.05) is 26.2 Å². The number of aromatic nitrogens is 2. The Kier molecular flexibility index (Phi) is 4.46. The highest BCUT2D eigenvalue weighted by atomic mass is 19.4. The van der Waals surface area contributed by atoms with Gasteiger partial charge in [-0.1, -0.05) is 24.3 Å². The Morgan fingerprint density at radius 1 is 1.15 bits per heavy atom. The van der Waals surface area contributed by atoms with Gasteiger partial charge in [-0.3, -0.25) is 4.90 Å². The summed E-state index contributed by atoms with van der Waals surface area (Å²) in [5, 5.41) is 3.60. The number of carbonyl (C=O) groups is 1. The Balaban J connectivity index is 1.36. The molecule has 0 aliphatic carbocycles. The van der Waals surface area contributed by atoms with Gasteiger partial charge < -0.3 is 4.90 Å². The summed E-state index contributed by atoms with van der Waals surface area (Å²) >= 11 is 0. The minimum atomic E-state index is -4.49. The third-order valence-corrected chi connectivity index (χ3v) is 5.59. The van der Waals surface area contributed by atoms with Gasteiger partial charge in [-0.2, -0.15) is 23.0 Å². The number of hydrogen-bond donors (Lipinski definition) is 0. The molecule has 0 saturated carbocycles. The monoisotopic (exact) mass is 378 g/mol. The lowest BCUT2D eigenvalue weighted by Crippen LogP contribution is -2.36. The van der Waals surface area contributed by atoms with E-state index in [1.807, 2.05) is 12.1 Å². The SMILES string of the molecule is Cc1ccccc1CN1CC2CN(C(=O)n3cc(C(F)(F)F)cn3)CC2C1. The minimum Gasteiger partial charge on any atom is -0.322 e. The van der Waals surface area contributed by atoms with Crippen molar-refractivity contribution >= 4 is 6.03 Å². The second kappa shape index (κ2) is 6.67. The van der Waals surface area contributed by atoms with Crippen LogP contribution in [0.3, 0.4) is 0 Å². The molecule has 2 atom stereocenters. The van der Waals surface area contributed by atoms with Crippen LogP contribution in [0.1, 0.15) is 16.7 Å². The van der Waals surface area contributed by atoms with Crippen molar-refractivity contribution in [3.05, 3.63) is 53.3 Å². The number of benzene rings is 1. The molecule has 0 bridgehead atoms. The number of rotatable bonds is 2. The van der Waals surface area contributed by atoms with E-state index in [1.54, 1.807) is 4.90 Å². The molecule has 5 nitrogen and oxygen atoms in total. The number of nitrogens with zero attached hydrogens (tertiary/aromatic N) is 4. The van der Waals surface area contributed by atoms with E-state index in [-0.39, 0.29) is 0 Å². The lowest BCUT2D eigenvalue weighted by Gasteiger charge is -2.22. The summed E-state index contributed by atoms with van der Waals surface area (Å²) in [7, 11) is 0. The number of hydrogen-bond acceptors (Lipinski definition) is 3. The van der Waals surface area contributed by atoms with Gasteiger partial charge in [0.15, 0.2) is 0 Å². The second-order valence-electron chi connectivity index (χ2n) is 7.50. The van der Waals surface area contributed by atoms with E-state index in [0.717, 1.165) is 30.5 Å². The molecular formula is C19H21F3N4O. The van der Waals surface area contributed by atoms with Crippen LogP contribution < -0.4 is 0 Å². The van der Waals surface area contributed by atoms with Crippen LogP contribution in [0.2, 0.25) is 0 Å². The molecule has 2 saturated heterocycles. The predicted molar refractivity (Wildman–Crippen MR) is 93.0 cm³/mol. The van der Waals surface area contributed by atoms with E-state index in [4.69, 9.17) is 0 Å². The van der Waals surface area contributed by atoms with Crippen molar-refractivity contribution in [2.24, 2.45) is 11.8 Å². The van der Waals surface area contributed by atoms with Gasteiger partial charge >= 0.3 is 12.2 Å². The lowest BCUT2D eigenvalue weighted by molar-refractivity contribution is -0.137. The van der Waals surface area contributed by atoms with E-state index in [2.05, 4.69) is 29.1 Å². The highest BCUT2D eigenvalue weighted by Gasteiger charge is 2.42. The van der Waals surface area contributed by atoms with Gasteiger partial charge in [0.25, 0.3) is 0 Å². The topological polar surface area (TPSA) is 41.4 Å². The summed E-state index contributed by atoms with van der Waals surface area (Å²) in [5.41, 5.74) is 1.67. The zero-order valence-electron chi connectivity index (χ0n) is 15.0. The zero-order chi connectivity index (χ0) is 19.2. The highest BCUT2D eigenvalue weighted by Crippen LogP contribution is 2.33. The van der Waals surface area contributed by atoms with Crippen LogP contribution >= 0.6 is 0 Å². The van der Waals surface area contributed by atoms with E-state index in [0.29, 0.717) is 31.1 Å². The Labute approximate surface area is 155 Å². The van der Waals surface area contributed by atoms with Gasteiger partial charge in [0, 0.05) is 38.9 Å². The largest absolute Gasteiger partial charge is 0.419 e. The molecule has 1 amide bonds. The molecule has 2 aromatic rings. The van der Waals surface area contributed by atoms with Gasteiger partial charge in [0.05, 0.1) is 11.8 Å². The van der Waals surface area contributed by atoms with E-state index in [9.17, 15) is 18.0 Å². The average molecular weight is 378 g/mol. The second-order valence-corrected chi connectivity index (χ2v) is 7.50. The van der Waals surface area contributed by atoms with Crippen LogP contribution in [0.25, 0.3) is 0 Å². The fourth-order valence-electron chi connectivity index (χ4n) is 4.12. The molecule has 2 fully saturated rings. The maximum absolute atomic E-state index is 12.7. The third kappa shape index (κ3) is 3.58. The fourth-order valence-corrected chi connectivity index (χ4v) is 4.12. The molecule has 0 N–H and O–H groups in total. The van der Waals surface area contributed by atoms with Crippen LogP contribution in [0.4, 0.5) is 18.0 Å². The van der Waals surface area contributed by atoms with Crippen LogP contribution in [-0.4, -0.2) is 51.8 Å². The highest BCUT2D eigenvalue weighted by molar-refractivity contribution is 5.76. The number of likely N-dealkylation sites (tertiary alicyclic amines) is 2. The maximum atomic E-state index is 12.7.